The molecule has 0 radical (unpaired) electrons. The van der Waals surface area contributed by atoms with Crippen LogP contribution in [-0.4, -0.2) is 23.0 Å². The van der Waals surface area contributed by atoms with Crippen molar-refractivity contribution in [3.63, 3.8) is 0 Å². The molecule has 1 aromatic heterocycles. The Labute approximate surface area is 156 Å². The van der Waals surface area contributed by atoms with E-state index in [0.717, 1.165) is 11.3 Å². The minimum atomic E-state index is -0.375. The van der Waals surface area contributed by atoms with Gasteiger partial charge in [0.25, 0.3) is 5.91 Å². The second kappa shape index (κ2) is 7.84. The Balaban J connectivity index is 1.81. The van der Waals surface area contributed by atoms with Gasteiger partial charge in [0.2, 0.25) is 5.95 Å². The Kier molecular flexibility index (Phi) is 5.34. The molecule has 0 saturated carbocycles. The van der Waals surface area contributed by atoms with Crippen LogP contribution in [0.5, 0.6) is 5.75 Å². The first kappa shape index (κ1) is 17.7. The molecule has 132 valence electrons. The second-order valence-electron chi connectivity index (χ2n) is 5.53. The van der Waals surface area contributed by atoms with Gasteiger partial charge in [-0.1, -0.05) is 29.8 Å². The number of benzene rings is 2. The Morgan fingerprint density at radius 3 is 2.69 bits per heavy atom. The van der Waals surface area contributed by atoms with Gasteiger partial charge in [0.1, 0.15) is 11.4 Å². The van der Waals surface area contributed by atoms with Crippen molar-refractivity contribution in [3.05, 3.63) is 71.0 Å². The molecule has 1 amide bonds. The lowest BCUT2D eigenvalue weighted by Crippen LogP contribution is -2.15. The molecule has 0 fully saturated rings. The molecule has 0 spiro atoms. The number of nitrogens with zero attached hydrogens (tertiary/aromatic N) is 2. The monoisotopic (exact) mass is 368 g/mol. The lowest BCUT2D eigenvalue weighted by atomic mass is 10.2. The summed E-state index contributed by atoms with van der Waals surface area (Å²) in [7, 11) is 1.59. The van der Waals surface area contributed by atoms with Gasteiger partial charge >= 0.3 is 0 Å². The van der Waals surface area contributed by atoms with Crippen molar-refractivity contribution >= 4 is 34.8 Å². The molecule has 2 N–H and O–H groups in total. The highest BCUT2D eigenvalue weighted by molar-refractivity contribution is 6.33. The van der Waals surface area contributed by atoms with Crippen molar-refractivity contribution in [2.75, 3.05) is 17.7 Å². The van der Waals surface area contributed by atoms with E-state index in [4.69, 9.17) is 16.3 Å². The van der Waals surface area contributed by atoms with E-state index in [9.17, 15) is 4.79 Å². The van der Waals surface area contributed by atoms with Gasteiger partial charge in [0.05, 0.1) is 23.5 Å². The van der Waals surface area contributed by atoms with Crippen molar-refractivity contribution in [1.29, 1.82) is 0 Å². The number of ether oxygens (including phenoxy) is 1. The van der Waals surface area contributed by atoms with Crippen LogP contribution in [0.25, 0.3) is 0 Å². The smallest absolute Gasteiger partial charge is 0.274 e. The maximum atomic E-state index is 12.4. The number of nitrogens with one attached hydrogen (secondary N) is 2. The lowest BCUT2D eigenvalue weighted by molar-refractivity contribution is 0.102. The number of para-hydroxylation sites is 1. The summed E-state index contributed by atoms with van der Waals surface area (Å²) in [6.07, 6.45) is 1.51. The van der Waals surface area contributed by atoms with Gasteiger partial charge in [0, 0.05) is 6.20 Å². The van der Waals surface area contributed by atoms with Gasteiger partial charge in [0.15, 0.2) is 0 Å². The maximum absolute atomic E-state index is 12.4. The van der Waals surface area contributed by atoms with Gasteiger partial charge in [-0.2, -0.15) is 0 Å². The van der Waals surface area contributed by atoms with Crippen LogP contribution >= 0.6 is 11.6 Å². The first-order valence-electron chi connectivity index (χ1n) is 7.87. The van der Waals surface area contributed by atoms with Crippen molar-refractivity contribution in [3.8, 4) is 5.75 Å². The number of carbonyl (C=O) groups excluding carboxylic acids is 1. The highest BCUT2D eigenvalue weighted by atomic mass is 35.5. The fourth-order valence-corrected chi connectivity index (χ4v) is 2.52. The third kappa shape index (κ3) is 4.10. The normalized spacial score (nSPS) is 10.3. The minimum Gasteiger partial charge on any atom is -0.495 e. The molecule has 6 nitrogen and oxygen atoms in total. The summed E-state index contributed by atoms with van der Waals surface area (Å²) in [4.78, 5) is 20.9. The average molecular weight is 369 g/mol. The predicted octanol–water partition coefficient (Wildman–Crippen LogP) is 4.44. The third-order valence-electron chi connectivity index (χ3n) is 3.61. The largest absolute Gasteiger partial charge is 0.495 e. The van der Waals surface area contributed by atoms with Crippen LogP contribution in [0.4, 0.5) is 17.3 Å². The van der Waals surface area contributed by atoms with Gasteiger partial charge < -0.3 is 15.4 Å². The highest BCUT2D eigenvalue weighted by Crippen LogP contribution is 2.27. The van der Waals surface area contributed by atoms with Crippen LogP contribution in [0.3, 0.4) is 0 Å². The molecule has 0 saturated heterocycles. The number of halogens is 1. The van der Waals surface area contributed by atoms with E-state index in [1.807, 2.05) is 25.1 Å². The zero-order valence-electron chi connectivity index (χ0n) is 14.3. The van der Waals surface area contributed by atoms with Crippen LogP contribution in [0.2, 0.25) is 5.02 Å². The van der Waals surface area contributed by atoms with Gasteiger partial charge in [-0.05, 0) is 42.8 Å². The van der Waals surface area contributed by atoms with Gasteiger partial charge in [-0.25, -0.2) is 9.97 Å². The van der Waals surface area contributed by atoms with Crippen LogP contribution in [0.1, 0.15) is 16.1 Å². The van der Waals surface area contributed by atoms with Crippen molar-refractivity contribution in [1.82, 2.24) is 9.97 Å². The minimum absolute atomic E-state index is 0.217. The molecule has 0 unspecified atom stereocenters. The summed E-state index contributed by atoms with van der Waals surface area (Å²) in [6, 6.07) is 14.2. The number of aromatic nitrogens is 2. The van der Waals surface area contributed by atoms with Crippen LogP contribution in [0.15, 0.2) is 54.7 Å². The highest BCUT2D eigenvalue weighted by Gasteiger charge is 2.12. The first-order chi connectivity index (χ1) is 12.6. The van der Waals surface area contributed by atoms with Gasteiger partial charge in [-0.15, -0.1) is 0 Å². The number of hydrogen-bond acceptors (Lipinski definition) is 5. The van der Waals surface area contributed by atoms with Gasteiger partial charge in [-0.3, -0.25) is 4.79 Å². The number of carbonyl (C=O) groups is 1. The topological polar surface area (TPSA) is 76.1 Å². The van der Waals surface area contributed by atoms with Crippen molar-refractivity contribution in [2.45, 2.75) is 6.92 Å². The first-order valence-corrected chi connectivity index (χ1v) is 8.25. The molecule has 7 heteroatoms. The fourth-order valence-electron chi connectivity index (χ4n) is 2.33. The molecule has 0 aliphatic rings. The lowest BCUT2D eigenvalue weighted by Gasteiger charge is -2.11. The van der Waals surface area contributed by atoms with Crippen LogP contribution in [0, 0.1) is 6.92 Å². The number of aryl methyl sites for hydroxylation is 1. The number of rotatable bonds is 5. The molecule has 0 bridgehead atoms. The van der Waals surface area contributed by atoms with Crippen LogP contribution < -0.4 is 15.4 Å². The molecule has 3 aromatic rings. The second-order valence-corrected chi connectivity index (χ2v) is 5.94. The summed E-state index contributed by atoms with van der Waals surface area (Å²) < 4.78 is 5.33. The summed E-state index contributed by atoms with van der Waals surface area (Å²) in [5.41, 5.74) is 2.51. The van der Waals surface area contributed by atoms with E-state index in [0.29, 0.717) is 22.4 Å². The SMILES string of the molecule is COc1ccc(C)cc1Nc1nccc(C(=O)Nc2ccccc2Cl)n1. The zero-order valence-corrected chi connectivity index (χ0v) is 15.0. The molecule has 0 aliphatic heterocycles. The molecule has 2 aromatic carbocycles. The van der Waals surface area contributed by atoms with E-state index < -0.39 is 0 Å². The van der Waals surface area contributed by atoms with E-state index in [1.165, 1.54) is 12.3 Å². The summed E-state index contributed by atoms with van der Waals surface area (Å²) in [5.74, 6) is 0.575. The van der Waals surface area contributed by atoms with E-state index >= 15 is 0 Å². The molecule has 0 atom stereocenters. The molecule has 1 heterocycles. The summed E-state index contributed by atoms with van der Waals surface area (Å²) in [6.45, 7) is 1.97. The summed E-state index contributed by atoms with van der Waals surface area (Å²) in [5, 5.41) is 6.27. The van der Waals surface area contributed by atoms with Crippen LogP contribution in [-0.2, 0) is 0 Å². The maximum Gasteiger partial charge on any atom is 0.274 e. The average Bonchev–Trinajstić information content (AvgIpc) is 2.64. The molecular formula is C19H17ClN4O2. The molecule has 3 rings (SSSR count). The standard InChI is InChI=1S/C19H17ClN4O2/c1-12-7-8-17(26-2)16(11-12)24-19-21-10-9-15(23-19)18(25)22-14-6-4-3-5-13(14)20/h3-11H,1-2H3,(H,22,25)(H,21,23,24). The Morgan fingerprint density at radius 1 is 1.12 bits per heavy atom. The predicted molar refractivity (Wildman–Crippen MR) is 102 cm³/mol. The summed E-state index contributed by atoms with van der Waals surface area (Å²) >= 11 is 6.07. The van der Waals surface area contributed by atoms with E-state index in [2.05, 4.69) is 20.6 Å². The number of hydrogen-bond donors (Lipinski definition) is 2. The number of amides is 1. The third-order valence-corrected chi connectivity index (χ3v) is 3.94. The van der Waals surface area contributed by atoms with Crippen molar-refractivity contribution < 1.29 is 9.53 Å². The van der Waals surface area contributed by atoms with E-state index in [-0.39, 0.29) is 11.6 Å². The Hall–Kier alpha value is -3.12. The molecule has 26 heavy (non-hydrogen) atoms. The Bertz CT molecular complexity index is 946. The number of anilines is 3. The van der Waals surface area contributed by atoms with Crippen molar-refractivity contribution in [2.24, 2.45) is 0 Å². The molecule has 0 aliphatic carbocycles. The number of methoxy groups -OCH3 is 1. The van der Waals surface area contributed by atoms with E-state index in [1.54, 1.807) is 31.4 Å². The zero-order chi connectivity index (χ0) is 18.5. The molecular weight excluding hydrogens is 352 g/mol. The Morgan fingerprint density at radius 2 is 1.92 bits per heavy atom. The fraction of sp³-hybridized carbons (Fsp3) is 0.105. The quantitative estimate of drug-likeness (QED) is 0.696.